The van der Waals surface area contributed by atoms with Crippen LogP contribution in [-0.2, 0) is 25.7 Å². The number of aromatic nitrogens is 3. The molecule has 0 saturated heterocycles. The molecule has 1 aliphatic rings. The van der Waals surface area contributed by atoms with E-state index in [4.69, 9.17) is 11.6 Å². The SMILES string of the molecule is Cc1nc(C(F)(F)F)ccc1CNc1ncnc2c1CN(c1ccc(Cl)cc1C#N)CC2. The van der Waals surface area contributed by atoms with Crippen LogP contribution < -0.4 is 10.2 Å². The maximum absolute atomic E-state index is 12.9. The smallest absolute Gasteiger partial charge is 0.366 e. The molecule has 32 heavy (non-hydrogen) atoms. The molecule has 0 spiro atoms. The summed E-state index contributed by atoms with van der Waals surface area (Å²) in [6, 6.07) is 9.78. The van der Waals surface area contributed by atoms with Crippen molar-refractivity contribution < 1.29 is 13.2 Å². The number of nitrogens with one attached hydrogen (secondary N) is 1. The summed E-state index contributed by atoms with van der Waals surface area (Å²) >= 11 is 6.02. The molecule has 0 saturated carbocycles. The highest BCUT2D eigenvalue weighted by molar-refractivity contribution is 6.30. The quantitative estimate of drug-likeness (QED) is 0.599. The number of hydrogen-bond donors (Lipinski definition) is 1. The molecule has 1 N–H and O–H groups in total. The second-order valence-corrected chi connectivity index (χ2v) is 7.82. The van der Waals surface area contributed by atoms with E-state index in [-0.39, 0.29) is 6.54 Å². The molecular weight excluding hydrogens is 441 g/mol. The van der Waals surface area contributed by atoms with Gasteiger partial charge in [0, 0.05) is 42.3 Å². The zero-order valence-electron chi connectivity index (χ0n) is 17.0. The van der Waals surface area contributed by atoms with Crippen LogP contribution in [-0.4, -0.2) is 21.5 Å². The summed E-state index contributed by atoms with van der Waals surface area (Å²) in [4.78, 5) is 14.5. The molecule has 1 aliphatic heterocycles. The maximum Gasteiger partial charge on any atom is 0.433 e. The zero-order valence-corrected chi connectivity index (χ0v) is 17.8. The van der Waals surface area contributed by atoms with Crippen LogP contribution in [0.25, 0.3) is 0 Å². The van der Waals surface area contributed by atoms with Gasteiger partial charge in [0.05, 0.1) is 16.9 Å². The Balaban J connectivity index is 1.56. The van der Waals surface area contributed by atoms with E-state index in [1.54, 1.807) is 19.1 Å². The molecule has 0 aliphatic carbocycles. The molecule has 0 radical (unpaired) electrons. The summed E-state index contributed by atoms with van der Waals surface area (Å²) in [5.41, 5.74) is 3.08. The average molecular weight is 459 g/mol. The van der Waals surface area contributed by atoms with Crippen LogP contribution in [0.15, 0.2) is 36.7 Å². The first kappa shape index (κ1) is 21.8. The van der Waals surface area contributed by atoms with Gasteiger partial charge in [-0.3, -0.25) is 0 Å². The summed E-state index contributed by atoms with van der Waals surface area (Å²) < 4.78 is 38.6. The van der Waals surface area contributed by atoms with Gasteiger partial charge in [0.1, 0.15) is 23.9 Å². The molecule has 0 bridgehead atoms. The molecular formula is C22H18ClF3N6. The summed E-state index contributed by atoms with van der Waals surface area (Å²) in [6.45, 7) is 2.99. The largest absolute Gasteiger partial charge is 0.433 e. The fourth-order valence-corrected chi connectivity index (χ4v) is 3.86. The molecule has 1 aromatic carbocycles. The Morgan fingerprint density at radius 3 is 2.75 bits per heavy atom. The van der Waals surface area contributed by atoms with Crippen molar-refractivity contribution in [1.82, 2.24) is 15.0 Å². The van der Waals surface area contributed by atoms with E-state index < -0.39 is 11.9 Å². The molecule has 2 aromatic heterocycles. The fourth-order valence-electron chi connectivity index (χ4n) is 3.69. The Bertz CT molecular complexity index is 1210. The Hall–Kier alpha value is -3.38. The van der Waals surface area contributed by atoms with Gasteiger partial charge in [0.15, 0.2) is 0 Å². The number of nitrogens with zero attached hydrogens (tertiary/aromatic N) is 5. The summed E-state index contributed by atoms with van der Waals surface area (Å²) in [5.74, 6) is 0.603. The Labute approximate surface area is 187 Å². The first-order valence-electron chi connectivity index (χ1n) is 9.81. The van der Waals surface area contributed by atoms with Gasteiger partial charge in [-0.1, -0.05) is 17.7 Å². The topological polar surface area (TPSA) is 77.7 Å². The Morgan fingerprint density at radius 2 is 2.03 bits per heavy atom. The predicted octanol–water partition coefficient (Wildman–Crippen LogP) is 4.90. The van der Waals surface area contributed by atoms with Crippen LogP contribution in [0, 0.1) is 18.3 Å². The Morgan fingerprint density at radius 1 is 1.22 bits per heavy atom. The number of benzene rings is 1. The number of aryl methyl sites for hydroxylation is 1. The first-order valence-corrected chi connectivity index (χ1v) is 10.2. The highest BCUT2D eigenvalue weighted by atomic mass is 35.5. The van der Waals surface area contributed by atoms with Crippen molar-refractivity contribution in [3.63, 3.8) is 0 Å². The van der Waals surface area contributed by atoms with E-state index in [0.717, 1.165) is 23.0 Å². The van der Waals surface area contributed by atoms with Crippen molar-refractivity contribution in [1.29, 1.82) is 5.26 Å². The van der Waals surface area contributed by atoms with Crippen molar-refractivity contribution in [3.8, 4) is 6.07 Å². The van der Waals surface area contributed by atoms with Gasteiger partial charge in [-0.25, -0.2) is 15.0 Å². The minimum atomic E-state index is -4.48. The van der Waals surface area contributed by atoms with Crippen molar-refractivity contribution in [2.24, 2.45) is 0 Å². The summed E-state index contributed by atoms with van der Waals surface area (Å²) in [6.07, 6.45) is -2.34. The van der Waals surface area contributed by atoms with E-state index in [1.807, 2.05) is 6.07 Å². The summed E-state index contributed by atoms with van der Waals surface area (Å²) in [5, 5.41) is 13.2. The van der Waals surface area contributed by atoms with E-state index in [0.29, 0.717) is 47.2 Å². The zero-order chi connectivity index (χ0) is 22.9. The number of pyridine rings is 1. The lowest BCUT2D eigenvalue weighted by molar-refractivity contribution is -0.141. The van der Waals surface area contributed by atoms with Gasteiger partial charge < -0.3 is 10.2 Å². The van der Waals surface area contributed by atoms with Crippen LogP contribution in [0.4, 0.5) is 24.7 Å². The molecule has 3 aromatic rings. The van der Waals surface area contributed by atoms with E-state index in [1.165, 1.54) is 12.4 Å². The van der Waals surface area contributed by atoms with Crippen molar-refractivity contribution in [2.45, 2.75) is 32.6 Å². The summed E-state index contributed by atoms with van der Waals surface area (Å²) in [7, 11) is 0. The molecule has 3 heterocycles. The standard InChI is InChI=1S/C22H18ClF3N6/c1-13-14(2-5-20(31-13)22(24,25)26)10-28-21-17-11-32(7-6-18(17)29-12-30-21)19-4-3-16(23)8-15(19)9-27/h2-5,8,12H,6-7,10-11H2,1H3,(H,28,29,30). The third kappa shape index (κ3) is 4.46. The first-order chi connectivity index (χ1) is 15.3. The van der Waals surface area contributed by atoms with Gasteiger partial charge in [0.2, 0.25) is 0 Å². The molecule has 164 valence electrons. The second kappa shape index (κ2) is 8.63. The van der Waals surface area contributed by atoms with Crippen molar-refractivity contribution in [3.05, 3.63) is 75.5 Å². The highest BCUT2D eigenvalue weighted by Gasteiger charge is 2.32. The molecule has 0 atom stereocenters. The van der Waals surface area contributed by atoms with Gasteiger partial charge in [-0.15, -0.1) is 0 Å². The lowest BCUT2D eigenvalue weighted by atomic mass is 10.0. The van der Waals surface area contributed by atoms with Crippen LogP contribution in [0.2, 0.25) is 5.02 Å². The van der Waals surface area contributed by atoms with Crippen molar-refractivity contribution in [2.75, 3.05) is 16.8 Å². The number of nitriles is 1. The van der Waals surface area contributed by atoms with Gasteiger partial charge in [-0.05, 0) is 36.8 Å². The minimum Gasteiger partial charge on any atom is -0.366 e. The second-order valence-electron chi connectivity index (χ2n) is 7.38. The normalized spacial score (nSPS) is 13.4. The number of hydrogen-bond acceptors (Lipinski definition) is 6. The number of rotatable bonds is 4. The molecule has 0 amide bonds. The van der Waals surface area contributed by atoms with E-state index in [2.05, 4.69) is 31.2 Å². The average Bonchev–Trinajstić information content (AvgIpc) is 2.77. The van der Waals surface area contributed by atoms with Crippen LogP contribution in [0.5, 0.6) is 0 Å². The number of anilines is 2. The molecule has 0 fully saturated rings. The molecule has 6 nitrogen and oxygen atoms in total. The number of halogens is 4. The predicted molar refractivity (Wildman–Crippen MR) is 114 cm³/mol. The Kier molecular flexibility index (Phi) is 5.89. The number of alkyl halides is 3. The third-order valence-corrected chi connectivity index (χ3v) is 5.59. The molecule has 10 heteroatoms. The van der Waals surface area contributed by atoms with Crippen molar-refractivity contribution >= 4 is 23.1 Å². The lowest BCUT2D eigenvalue weighted by Crippen LogP contribution is -2.32. The minimum absolute atomic E-state index is 0.269. The third-order valence-electron chi connectivity index (χ3n) is 5.35. The molecule has 4 rings (SSSR count). The number of fused-ring (bicyclic) bond motifs is 1. The van der Waals surface area contributed by atoms with Crippen LogP contribution in [0.1, 0.15) is 33.8 Å². The van der Waals surface area contributed by atoms with Crippen LogP contribution in [0.3, 0.4) is 0 Å². The van der Waals surface area contributed by atoms with Gasteiger partial charge >= 0.3 is 6.18 Å². The van der Waals surface area contributed by atoms with Gasteiger partial charge in [-0.2, -0.15) is 18.4 Å². The van der Waals surface area contributed by atoms with E-state index in [9.17, 15) is 18.4 Å². The van der Waals surface area contributed by atoms with Crippen LogP contribution >= 0.6 is 11.6 Å². The maximum atomic E-state index is 12.9. The highest BCUT2D eigenvalue weighted by Crippen LogP contribution is 2.31. The molecule has 0 unspecified atom stereocenters. The van der Waals surface area contributed by atoms with Gasteiger partial charge in [0.25, 0.3) is 0 Å². The monoisotopic (exact) mass is 458 g/mol. The fraction of sp³-hybridized carbons (Fsp3) is 0.273. The lowest BCUT2D eigenvalue weighted by Gasteiger charge is -2.31. The van der Waals surface area contributed by atoms with E-state index >= 15 is 0 Å².